The van der Waals surface area contributed by atoms with Crippen LogP contribution in [0.2, 0.25) is 0 Å². The molecule has 7 nitrogen and oxygen atoms in total. The summed E-state index contributed by atoms with van der Waals surface area (Å²) in [5.41, 5.74) is 5.49. The van der Waals surface area contributed by atoms with E-state index in [1.807, 2.05) is 0 Å². The second kappa shape index (κ2) is 5.15. The molecule has 17 heavy (non-hydrogen) atoms. The number of halogens is 1. The van der Waals surface area contributed by atoms with Gasteiger partial charge in [0.2, 0.25) is 0 Å². The Bertz CT molecular complexity index is 418. The van der Waals surface area contributed by atoms with Gasteiger partial charge < -0.3 is 15.2 Å². The zero-order valence-corrected chi connectivity index (χ0v) is 9.93. The highest BCUT2D eigenvalue weighted by Crippen LogP contribution is 2.28. The van der Waals surface area contributed by atoms with Crippen LogP contribution in [0.5, 0.6) is 0 Å². The third-order valence-corrected chi connectivity index (χ3v) is 2.69. The van der Waals surface area contributed by atoms with Crippen LogP contribution in [0.4, 0.5) is 0 Å². The lowest BCUT2D eigenvalue weighted by Gasteiger charge is -2.23. The smallest absolute Gasteiger partial charge is 0.341 e. The van der Waals surface area contributed by atoms with Gasteiger partial charge in [-0.3, -0.25) is 10.1 Å². The molecule has 2 N–H and O–H groups in total. The summed E-state index contributed by atoms with van der Waals surface area (Å²) in [5, 5.41) is 10.9. The number of hydrogen-bond donors (Lipinski definition) is 1. The van der Waals surface area contributed by atoms with E-state index in [9.17, 15) is 14.9 Å². The van der Waals surface area contributed by atoms with Gasteiger partial charge in [0.1, 0.15) is 11.6 Å². The van der Waals surface area contributed by atoms with Crippen molar-refractivity contribution in [1.29, 1.82) is 0 Å². The minimum Gasteiger partial charge on any atom is -0.493 e. The van der Waals surface area contributed by atoms with Gasteiger partial charge in [-0.2, -0.15) is 0 Å². The van der Waals surface area contributed by atoms with E-state index in [0.29, 0.717) is 0 Å². The molecule has 0 saturated heterocycles. The van der Waals surface area contributed by atoms with Crippen molar-refractivity contribution in [2.45, 2.75) is 12.1 Å². The van der Waals surface area contributed by atoms with Crippen molar-refractivity contribution >= 4 is 17.6 Å². The van der Waals surface area contributed by atoms with E-state index in [1.54, 1.807) is 0 Å². The van der Waals surface area contributed by atoms with Gasteiger partial charge >= 0.3 is 5.97 Å². The van der Waals surface area contributed by atoms with Crippen LogP contribution in [-0.4, -0.2) is 37.2 Å². The Hall–Kier alpha value is -1.60. The average Bonchev–Trinajstić information content (AvgIpc) is 2.30. The first-order valence-corrected chi connectivity index (χ1v) is 4.94. The first kappa shape index (κ1) is 13.5. The Morgan fingerprint density at radius 3 is 2.59 bits per heavy atom. The van der Waals surface area contributed by atoms with Crippen molar-refractivity contribution in [2.24, 2.45) is 5.73 Å². The van der Waals surface area contributed by atoms with Crippen LogP contribution >= 0.6 is 11.6 Å². The van der Waals surface area contributed by atoms with E-state index in [-0.39, 0.29) is 16.4 Å². The van der Waals surface area contributed by atoms with Gasteiger partial charge in [0.25, 0.3) is 6.04 Å². The highest BCUT2D eigenvalue weighted by Gasteiger charge is 2.42. The van der Waals surface area contributed by atoms with Crippen molar-refractivity contribution in [2.75, 3.05) is 14.2 Å². The number of rotatable bonds is 3. The van der Waals surface area contributed by atoms with Gasteiger partial charge in [-0.1, -0.05) is 11.6 Å². The maximum absolute atomic E-state index is 11.4. The second-order valence-electron chi connectivity index (χ2n) is 3.26. The van der Waals surface area contributed by atoms with Crippen LogP contribution in [0.25, 0.3) is 0 Å². The topological polar surface area (TPSA) is 105 Å². The third kappa shape index (κ3) is 2.40. The van der Waals surface area contributed by atoms with Crippen LogP contribution in [0, 0.1) is 10.1 Å². The number of carbonyl (C=O) groups is 1. The standard InChI is InChI=1S/C9H11ClN2O5/c1-16-8-4(9(13)17-2)3-5(10)6(11)7(8)12(14)15/h3,6-7H,11H2,1-2H3. The number of esters is 1. The summed E-state index contributed by atoms with van der Waals surface area (Å²) in [5.74, 6) is -0.919. The highest BCUT2D eigenvalue weighted by molar-refractivity contribution is 6.31. The van der Waals surface area contributed by atoms with Crippen molar-refractivity contribution in [3.8, 4) is 0 Å². The normalized spacial score (nSPS) is 24.1. The first-order chi connectivity index (χ1) is 7.93. The molecule has 2 unspecified atom stereocenters. The van der Waals surface area contributed by atoms with Gasteiger partial charge in [-0.05, 0) is 6.08 Å². The molecule has 1 rings (SSSR count). The summed E-state index contributed by atoms with van der Waals surface area (Å²) in [4.78, 5) is 21.7. The molecule has 0 amide bonds. The molecule has 0 radical (unpaired) electrons. The van der Waals surface area contributed by atoms with Crippen molar-refractivity contribution < 1.29 is 19.2 Å². The lowest BCUT2D eigenvalue weighted by Crippen LogP contribution is -2.45. The molecule has 0 aromatic carbocycles. The molecule has 94 valence electrons. The molecule has 1 aliphatic carbocycles. The predicted octanol–water partition coefficient (Wildman–Crippen LogP) is 0.169. The SMILES string of the molecule is COC(=O)C1=C(OC)C([N+](=O)[O-])C(N)C(Cl)=C1. The Labute approximate surface area is 102 Å². The molecule has 0 aromatic rings. The van der Waals surface area contributed by atoms with Crippen LogP contribution in [0.15, 0.2) is 22.4 Å². The van der Waals surface area contributed by atoms with Gasteiger partial charge in [0, 0.05) is 9.96 Å². The van der Waals surface area contributed by atoms with E-state index >= 15 is 0 Å². The third-order valence-electron chi connectivity index (χ3n) is 2.33. The van der Waals surface area contributed by atoms with Crippen molar-refractivity contribution in [1.82, 2.24) is 0 Å². The van der Waals surface area contributed by atoms with Gasteiger partial charge in [-0.25, -0.2) is 4.79 Å². The molecule has 8 heteroatoms. The molecular weight excluding hydrogens is 252 g/mol. The summed E-state index contributed by atoms with van der Waals surface area (Å²) in [6.07, 6.45) is 1.22. The highest BCUT2D eigenvalue weighted by atomic mass is 35.5. The number of carbonyl (C=O) groups excluding carboxylic acids is 1. The first-order valence-electron chi connectivity index (χ1n) is 4.56. The monoisotopic (exact) mass is 262 g/mol. The molecule has 0 fully saturated rings. The maximum atomic E-state index is 11.4. The quantitative estimate of drug-likeness (QED) is 0.442. The number of nitrogens with two attached hydrogens (primary N) is 1. The second-order valence-corrected chi connectivity index (χ2v) is 3.70. The number of methoxy groups -OCH3 is 2. The maximum Gasteiger partial charge on any atom is 0.341 e. The number of ether oxygens (including phenoxy) is 2. The van der Waals surface area contributed by atoms with Crippen LogP contribution in [0.3, 0.4) is 0 Å². The average molecular weight is 263 g/mol. The molecule has 0 spiro atoms. The van der Waals surface area contributed by atoms with E-state index in [2.05, 4.69) is 4.74 Å². The molecule has 2 atom stereocenters. The van der Waals surface area contributed by atoms with Crippen molar-refractivity contribution in [3.63, 3.8) is 0 Å². The summed E-state index contributed by atoms with van der Waals surface area (Å²) in [6.45, 7) is 0. The van der Waals surface area contributed by atoms with E-state index in [4.69, 9.17) is 22.1 Å². The zero-order valence-electron chi connectivity index (χ0n) is 9.18. The van der Waals surface area contributed by atoms with Crippen LogP contribution < -0.4 is 5.73 Å². The van der Waals surface area contributed by atoms with Crippen LogP contribution in [-0.2, 0) is 14.3 Å². The molecular formula is C9H11ClN2O5. The number of hydrogen-bond acceptors (Lipinski definition) is 6. The summed E-state index contributed by atoms with van der Waals surface area (Å²) in [6, 6.07) is -2.44. The number of nitrogens with zero attached hydrogens (tertiary/aromatic N) is 1. The van der Waals surface area contributed by atoms with Crippen molar-refractivity contribution in [3.05, 3.63) is 32.6 Å². The fourth-order valence-corrected chi connectivity index (χ4v) is 1.73. The predicted molar refractivity (Wildman–Crippen MR) is 58.7 cm³/mol. The molecule has 0 aromatic heterocycles. The minimum atomic E-state index is -1.40. The number of nitro groups is 1. The Morgan fingerprint density at radius 2 is 2.18 bits per heavy atom. The van der Waals surface area contributed by atoms with Gasteiger partial charge in [0.15, 0.2) is 5.76 Å². The summed E-state index contributed by atoms with van der Waals surface area (Å²) >= 11 is 5.76. The summed E-state index contributed by atoms with van der Waals surface area (Å²) < 4.78 is 9.36. The summed E-state index contributed by atoms with van der Waals surface area (Å²) in [7, 11) is 2.37. The lowest BCUT2D eigenvalue weighted by molar-refractivity contribution is -0.518. The molecule has 0 saturated carbocycles. The fraction of sp³-hybridized carbons (Fsp3) is 0.444. The molecule has 0 heterocycles. The van der Waals surface area contributed by atoms with E-state index in [0.717, 1.165) is 7.11 Å². The van der Waals surface area contributed by atoms with E-state index < -0.39 is 23.0 Å². The van der Waals surface area contributed by atoms with Gasteiger partial charge in [0.05, 0.1) is 14.2 Å². The minimum absolute atomic E-state index is 0.00731. The molecule has 0 aliphatic heterocycles. The Morgan fingerprint density at radius 1 is 1.59 bits per heavy atom. The fourth-order valence-electron chi connectivity index (χ4n) is 1.51. The zero-order chi connectivity index (χ0) is 13.2. The largest absolute Gasteiger partial charge is 0.493 e. The molecule has 1 aliphatic rings. The Kier molecular flexibility index (Phi) is 4.08. The van der Waals surface area contributed by atoms with Gasteiger partial charge in [-0.15, -0.1) is 0 Å². The lowest BCUT2D eigenvalue weighted by atomic mass is 9.96. The van der Waals surface area contributed by atoms with Crippen LogP contribution in [0.1, 0.15) is 0 Å². The van der Waals surface area contributed by atoms with E-state index in [1.165, 1.54) is 13.2 Å². The Balaban J connectivity index is 3.34. The molecule has 0 bridgehead atoms.